The van der Waals surface area contributed by atoms with Crippen LogP contribution in [0, 0.1) is 11.6 Å². The van der Waals surface area contributed by atoms with Gasteiger partial charge in [0.15, 0.2) is 0 Å². The average Bonchev–Trinajstić information content (AvgIpc) is 4.02. The van der Waals surface area contributed by atoms with Crippen molar-refractivity contribution >= 4 is 22.9 Å². The number of amides is 1. The third kappa shape index (κ3) is 9.99. The van der Waals surface area contributed by atoms with Crippen molar-refractivity contribution in [3.63, 3.8) is 0 Å². The first-order valence-electron chi connectivity index (χ1n) is 18.4. The van der Waals surface area contributed by atoms with Crippen LogP contribution in [0.4, 0.5) is 43.9 Å². The highest BCUT2D eigenvalue weighted by Gasteiger charge is 2.36. The molecule has 0 radical (unpaired) electrons. The first-order chi connectivity index (χ1) is 28.7. The highest BCUT2D eigenvalue weighted by Crippen LogP contribution is 2.36. The number of carbonyl (C=O) groups is 2. The van der Waals surface area contributed by atoms with E-state index in [9.17, 15) is 63.1 Å². The molecule has 8 rings (SSSR count). The van der Waals surface area contributed by atoms with Crippen LogP contribution in [0.5, 0.6) is 0 Å². The lowest BCUT2D eigenvalue weighted by Crippen LogP contribution is -2.35. The normalized spacial score (nSPS) is 16.7. The zero-order chi connectivity index (χ0) is 44.4. The summed E-state index contributed by atoms with van der Waals surface area (Å²) in [6.07, 6.45) is -1.97. The topological polar surface area (TPSA) is 122 Å². The molecule has 0 saturated carbocycles. The van der Waals surface area contributed by atoms with E-state index >= 15 is 0 Å². The maximum atomic E-state index is 13.6. The number of alkyl halides is 8. The Morgan fingerprint density at radius 2 is 1.16 bits per heavy atom. The quantitative estimate of drug-likeness (QED) is 0.177. The number of hydrogen-bond donors (Lipinski definition) is 2. The number of rotatable bonds is 6. The van der Waals surface area contributed by atoms with Crippen molar-refractivity contribution in [1.82, 2.24) is 28.2 Å². The Morgan fingerprint density at radius 1 is 0.672 bits per heavy atom. The van der Waals surface area contributed by atoms with E-state index in [2.05, 4.69) is 5.32 Å². The Kier molecular flexibility index (Phi) is 12.8. The number of likely N-dealkylation sites (tertiary alicyclic amines) is 1. The van der Waals surface area contributed by atoms with Gasteiger partial charge in [-0.2, -0.15) is 26.3 Å². The SMILES string of the molecule is FC1CCNC1.O=C(Cn1ccn2ccc(-c3ccc(F)c(C(F)(F)F)c3)c2c1=O)N1CCC(F)C1.O=C(O)Cn1ccn2ccc(-c3ccc(F)c(C(F)(F)F)c3)c2c1=O. The molecule has 21 heteroatoms. The van der Waals surface area contributed by atoms with Crippen LogP contribution < -0.4 is 16.4 Å². The van der Waals surface area contributed by atoms with Crippen LogP contribution in [0.2, 0.25) is 0 Å². The second-order valence-corrected chi connectivity index (χ2v) is 14.0. The summed E-state index contributed by atoms with van der Waals surface area (Å²) in [5.74, 6) is -4.48. The molecule has 0 aliphatic carbocycles. The molecule has 4 aromatic heterocycles. The average molecular weight is 869 g/mol. The van der Waals surface area contributed by atoms with Gasteiger partial charge in [0.05, 0.1) is 17.7 Å². The summed E-state index contributed by atoms with van der Waals surface area (Å²) >= 11 is 0. The van der Waals surface area contributed by atoms with Gasteiger partial charge in [-0.1, -0.05) is 12.1 Å². The van der Waals surface area contributed by atoms with Gasteiger partial charge in [-0.25, -0.2) is 17.6 Å². The summed E-state index contributed by atoms with van der Waals surface area (Å²) < 4.78 is 135. The highest BCUT2D eigenvalue weighted by molar-refractivity contribution is 5.82. The number of fused-ring (bicyclic) bond motifs is 2. The zero-order valence-corrected chi connectivity index (χ0v) is 31.5. The Balaban J connectivity index is 0.000000181. The van der Waals surface area contributed by atoms with Crippen molar-refractivity contribution in [2.24, 2.45) is 0 Å². The van der Waals surface area contributed by atoms with Gasteiger partial charge < -0.3 is 33.3 Å². The number of carbonyl (C=O) groups excluding carboxylic acids is 1. The molecule has 2 aliphatic heterocycles. The number of nitrogens with one attached hydrogen (secondary N) is 1. The summed E-state index contributed by atoms with van der Waals surface area (Å²) in [5, 5.41) is 11.7. The number of halogens is 10. The second kappa shape index (κ2) is 17.7. The first-order valence-corrected chi connectivity index (χ1v) is 18.4. The Morgan fingerprint density at radius 3 is 1.54 bits per heavy atom. The zero-order valence-electron chi connectivity index (χ0n) is 31.5. The molecule has 6 aromatic rings. The molecule has 0 spiro atoms. The number of hydrogen-bond acceptors (Lipinski definition) is 5. The summed E-state index contributed by atoms with van der Waals surface area (Å²) in [4.78, 5) is 49.9. The smallest absolute Gasteiger partial charge is 0.419 e. The first kappa shape index (κ1) is 44.2. The standard InChI is InChI=1S/C20H16F5N3O2.C16H10F4N2O3.C4H8FN/c21-13-3-5-27(10-13)17(29)11-28-8-7-26-6-4-14(18(26)19(28)30)12-1-2-16(22)15(9-12)20(23,24)25;17-12-2-1-9(7-11(12)16(18,19)20)10-3-4-21-5-6-22(8-13(23)24)15(25)14(10)21;5-4-1-2-6-3-4/h1-2,4,6-9,13H,3,5,10-11H2;1-7H,8H2,(H,23,24);4,6H,1-3H2. The van der Waals surface area contributed by atoms with Crippen LogP contribution in [0.25, 0.3) is 33.3 Å². The number of carboxylic acids is 1. The minimum atomic E-state index is -4.88. The fraction of sp³-hybridized carbons (Fsp3) is 0.300. The largest absolute Gasteiger partial charge is 0.480 e. The molecule has 11 nitrogen and oxygen atoms in total. The van der Waals surface area contributed by atoms with Gasteiger partial charge in [-0.15, -0.1) is 0 Å². The molecule has 6 heterocycles. The molecule has 2 unspecified atom stereocenters. The van der Waals surface area contributed by atoms with Gasteiger partial charge in [-0.3, -0.25) is 19.2 Å². The van der Waals surface area contributed by atoms with Crippen molar-refractivity contribution in [1.29, 1.82) is 0 Å². The molecule has 2 atom stereocenters. The van der Waals surface area contributed by atoms with E-state index in [1.807, 2.05) is 0 Å². The summed E-state index contributed by atoms with van der Waals surface area (Å²) in [6, 6.07) is 7.81. The Labute approximate surface area is 337 Å². The lowest BCUT2D eigenvalue weighted by atomic mass is 10.0. The molecular weight excluding hydrogens is 834 g/mol. The van der Waals surface area contributed by atoms with E-state index < -0.39 is 77.0 Å². The third-order valence-corrected chi connectivity index (χ3v) is 9.83. The fourth-order valence-electron chi connectivity index (χ4n) is 6.80. The second-order valence-electron chi connectivity index (χ2n) is 14.0. The maximum absolute atomic E-state index is 13.6. The van der Waals surface area contributed by atoms with Crippen LogP contribution in [0.15, 0.2) is 95.3 Å². The Hall–Kier alpha value is -6.38. The molecule has 2 saturated heterocycles. The highest BCUT2D eigenvalue weighted by atomic mass is 19.4. The molecule has 61 heavy (non-hydrogen) atoms. The summed E-state index contributed by atoms with van der Waals surface area (Å²) in [7, 11) is 0. The molecular formula is C40H34F10N6O5. The van der Waals surface area contributed by atoms with Crippen LogP contribution in [0.1, 0.15) is 24.0 Å². The Bertz CT molecular complexity index is 2700. The van der Waals surface area contributed by atoms with Crippen molar-refractivity contribution < 1.29 is 58.6 Å². The summed E-state index contributed by atoms with van der Waals surface area (Å²) in [5.41, 5.74) is -3.74. The van der Waals surface area contributed by atoms with Crippen LogP contribution in [-0.4, -0.2) is 78.3 Å². The van der Waals surface area contributed by atoms with E-state index in [0.29, 0.717) is 37.2 Å². The predicted molar refractivity (Wildman–Crippen MR) is 200 cm³/mol. The molecule has 2 fully saturated rings. The molecule has 2 aromatic carbocycles. The lowest BCUT2D eigenvalue weighted by Gasteiger charge is -2.16. The number of aliphatic carboxylic acids is 1. The van der Waals surface area contributed by atoms with E-state index in [0.717, 1.165) is 27.8 Å². The maximum Gasteiger partial charge on any atom is 0.419 e. The van der Waals surface area contributed by atoms with Crippen LogP contribution >= 0.6 is 0 Å². The molecule has 2 N–H and O–H groups in total. The van der Waals surface area contributed by atoms with Crippen LogP contribution in [-0.2, 0) is 35.0 Å². The monoisotopic (exact) mass is 868 g/mol. The van der Waals surface area contributed by atoms with Gasteiger partial charge in [-0.05, 0) is 66.9 Å². The van der Waals surface area contributed by atoms with Gasteiger partial charge in [0, 0.05) is 61.4 Å². The van der Waals surface area contributed by atoms with E-state index in [1.165, 1.54) is 63.0 Å². The number of carboxylic acid groups (broad SMARTS) is 1. The molecule has 324 valence electrons. The molecule has 1 amide bonds. The van der Waals surface area contributed by atoms with Crippen molar-refractivity contribution in [3.05, 3.63) is 129 Å². The van der Waals surface area contributed by atoms with Crippen LogP contribution in [0.3, 0.4) is 0 Å². The van der Waals surface area contributed by atoms with Gasteiger partial charge in [0.1, 0.15) is 48.1 Å². The van der Waals surface area contributed by atoms with Gasteiger partial charge >= 0.3 is 18.3 Å². The van der Waals surface area contributed by atoms with Crippen molar-refractivity contribution in [2.45, 2.75) is 50.6 Å². The number of nitrogens with zero attached hydrogens (tertiary/aromatic N) is 5. The van der Waals surface area contributed by atoms with Crippen molar-refractivity contribution in [2.75, 3.05) is 26.2 Å². The van der Waals surface area contributed by atoms with Crippen molar-refractivity contribution in [3.8, 4) is 22.3 Å². The van der Waals surface area contributed by atoms with Gasteiger partial charge in [0.25, 0.3) is 11.1 Å². The minimum Gasteiger partial charge on any atom is -0.480 e. The molecule has 2 aliphatic rings. The number of benzene rings is 2. The van der Waals surface area contributed by atoms with E-state index in [1.54, 1.807) is 0 Å². The summed E-state index contributed by atoms with van der Waals surface area (Å²) in [6.45, 7) is 0.771. The predicted octanol–water partition coefficient (Wildman–Crippen LogP) is 6.82. The number of aromatic nitrogens is 4. The molecule has 0 bridgehead atoms. The van der Waals surface area contributed by atoms with E-state index in [4.69, 9.17) is 5.11 Å². The van der Waals surface area contributed by atoms with E-state index in [-0.39, 0.29) is 59.3 Å². The fourth-order valence-corrected chi connectivity index (χ4v) is 6.80. The third-order valence-electron chi connectivity index (χ3n) is 9.83. The lowest BCUT2D eigenvalue weighted by molar-refractivity contribution is -0.140. The van der Waals surface area contributed by atoms with Gasteiger partial charge in [0.2, 0.25) is 5.91 Å². The minimum absolute atomic E-state index is 0.00130.